The molecule has 0 saturated carbocycles. The van der Waals surface area contributed by atoms with Crippen LogP contribution in [0.15, 0.2) is 72.8 Å². The van der Waals surface area contributed by atoms with Gasteiger partial charge in [-0.25, -0.2) is 0 Å². The van der Waals surface area contributed by atoms with E-state index in [9.17, 15) is 0 Å². The van der Waals surface area contributed by atoms with Crippen molar-refractivity contribution in [1.29, 1.82) is 0 Å². The first kappa shape index (κ1) is 18.2. The highest BCUT2D eigenvalue weighted by atomic mass is 35.5. The Bertz CT molecular complexity index is 892. The van der Waals surface area contributed by atoms with Gasteiger partial charge in [0.1, 0.15) is 0 Å². The first-order valence-corrected chi connectivity index (χ1v) is 9.81. The molecule has 3 aromatic carbocycles. The molecule has 0 aliphatic carbocycles. The molecule has 0 unspecified atom stereocenters. The lowest BCUT2D eigenvalue weighted by Gasteiger charge is -2.33. The molecule has 1 atom stereocenters. The predicted octanol–water partition coefficient (Wildman–Crippen LogP) is 5.89. The molecule has 1 aliphatic rings. The molecule has 4 rings (SSSR count). The van der Waals surface area contributed by atoms with E-state index < -0.39 is 0 Å². The van der Waals surface area contributed by atoms with Crippen LogP contribution in [0.3, 0.4) is 0 Å². The number of benzene rings is 3. The highest BCUT2D eigenvalue weighted by Gasteiger charge is 2.21. The molecule has 1 heterocycles. The second-order valence-electron chi connectivity index (χ2n) is 7.19. The molecule has 27 heavy (non-hydrogen) atoms. The van der Waals surface area contributed by atoms with Crippen molar-refractivity contribution in [3.8, 4) is 11.1 Å². The predicted molar refractivity (Wildman–Crippen MR) is 112 cm³/mol. The van der Waals surface area contributed by atoms with Gasteiger partial charge in [-0.3, -0.25) is 4.90 Å². The molecule has 0 aromatic heterocycles. The maximum atomic E-state index is 6.38. The molecule has 0 bridgehead atoms. The summed E-state index contributed by atoms with van der Waals surface area (Å²) >= 11 is 6.38. The number of hydrogen-bond donors (Lipinski definition) is 0. The van der Waals surface area contributed by atoms with Crippen molar-refractivity contribution in [3.63, 3.8) is 0 Å². The average molecular weight is 378 g/mol. The molecule has 0 amide bonds. The minimum atomic E-state index is 0.158. The van der Waals surface area contributed by atoms with Crippen LogP contribution in [0.5, 0.6) is 0 Å². The third-order valence-electron chi connectivity index (χ3n) is 5.11. The van der Waals surface area contributed by atoms with E-state index in [1.165, 1.54) is 16.7 Å². The van der Waals surface area contributed by atoms with Gasteiger partial charge in [0.2, 0.25) is 0 Å². The first-order valence-electron chi connectivity index (χ1n) is 9.43. The van der Waals surface area contributed by atoms with Gasteiger partial charge >= 0.3 is 0 Å². The Morgan fingerprint density at radius 3 is 2.56 bits per heavy atom. The molecule has 0 N–H and O–H groups in total. The second kappa shape index (κ2) is 8.26. The fraction of sp³-hybridized carbons (Fsp3) is 0.250. The fourth-order valence-corrected chi connectivity index (χ4v) is 3.85. The minimum absolute atomic E-state index is 0.158. The lowest BCUT2D eigenvalue weighted by atomic mass is 10.0. The molecule has 1 aliphatic heterocycles. The first-order chi connectivity index (χ1) is 13.2. The molecule has 3 aromatic rings. The second-order valence-corrected chi connectivity index (χ2v) is 7.59. The van der Waals surface area contributed by atoms with Crippen molar-refractivity contribution in [2.45, 2.75) is 19.6 Å². The van der Waals surface area contributed by atoms with Crippen LogP contribution in [0.25, 0.3) is 11.1 Å². The van der Waals surface area contributed by atoms with E-state index in [0.29, 0.717) is 0 Å². The van der Waals surface area contributed by atoms with Crippen molar-refractivity contribution in [2.75, 3.05) is 19.7 Å². The van der Waals surface area contributed by atoms with E-state index in [1.54, 1.807) is 0 Å². The van der Waals surface area contributed by atoms with Gasteiger partial charge in [-0.1, -0.05) is 77.8 Å². The molecule has 138 valence electrons. The molecule has 1 saturated heterocycles. The number of halogens is 1. The standard InChI is InChI=1S/C24H24ClNO/c1-18-7-12-23(25)22(15-18)20-10-8-19(9-11-20)16-26-13-14-27-24(17-26)21-5-3-2-4-6-21/h2-12,15,24H,13-14,16-17H2,1H3/t24-/m1/s1. The molecule has 0 radical (unpaired) electrons. The number of rotatable bonds is 4. The highest BCUT2D eigenvalue weighted by Crippen LogP contribution is 2.29. The zero-order valence-electron chi connectivity index (χ0n) is 15.6. The van der Waals surface area contributed by atoms with Crippen LogP contribution in [-0.2, 0) is 11.3 Å². The zero-order valence-corrected chi connectivity index (χ0v) is 16.3. The summed E-state index contributed by atoms with van der Waals surface area (Å²) in [4.78, 5) is 2.47. The topological polar surface area (TPSA) is 12.5 Å². The van der Waals surface area contributed by atoms with Gasteiger partial charge in [0.05, 0.1) is 12.7 Å². The molecule has 2 nitrogen and oxygen atoms in total. The van der Waals surface area contributed by atoms with Crippen molar-refractivity contribution in [2.24, 2.45) is 0 Å². The Kier molecular flexibility index (Phi) is 5.58. The Morgan fingerprint density at radius 1 is 1.00 bits per heavy atom. The van der Waals surface area contributed by atoms with Gasteiger partial charge in [0, 0.05) is 30.2 Å². The van der Waals surface area contributed by atoms with E-state index in [0.717, 1.165) is 42.4 Å². The maximum absolute atomic E-state index is 6.38. The van der Waals surface area contributed by atoms with Crippen molar-refractivity contribution in [1.82, 2.24) is 4.90 Å². The maximum Gasteiger partial charge on any atom is 0.0952 e. The highest BCUT2D eigenvalue weighted by molar-refractivity contribution is 6.33. The summed E-state index contributed by atoms with van der Waals surface area (Å²) in [6.45, 7) is 5.70. The Morgan fingerprint density at radius 2 is 1.78 bits per heavy atom. The normalized spacial score (nSPS) is 17.8. The summed E-state index contributed by atoms with van der Waals surface area (Å²) in [5, 5.41) is 0.798. The van der Waals surface area contributed by atoms with Crippen LogP contribution in [-0.4, -0.2) is 24.6 Å². The van der Waals surface area contributed by atoms with Gasteiger partial charge < -0.3 is 4.74 Å². The Hall–Kier alpha value is -2.13. The minimum Gasteiger partial charge on any atom is -0.371 e. The van der Waals surface area contributed by atoms with Gasteiger partial charge in [0.15, 0.2) is 0 Å². The van der Waals surface area contributed by atoms with Crippen LogP contribution >= 0.6 is 11.6 Å². The summed E-state index contributed by atoms with van der Waals surface area (Å²) < 4.78 is 5.98. The van der Waals surface area contributed by atoms with Crippen molar-refractivity contribution >= 4 is 11.6 Å². The van der Waals surface area contributed by atoms with Crippen LogP contribution in [0.2, 0.25) is 5.02 Å². The van der Waals surface area contributed by atoms with Gasteiger partial charge in [-0.05, 0) is 35.7 Å². The summed E-state index contributed by atoms with van der Waals surface area (Å²) in [7, 11) is 0. The van der Waals surface area contributed by atoms with Crippen molar-refractivity contribution < 1.29 is 4.74 Å². The van der Waals surface area contributed by atoms with E-state index in [1.807, 2.05) is 18.2 Å². The van der Waals surface area contributed by atoms with Crippen molar-refractivity contribution in [3.05, 3.63) is 94.5 Å². The number of hydrogen-bond acceptors (Lipinski definition) is 2. The monoisotopic (exact) mass is 377 g/mol. The molecular formula is C24H24ClNO. The van der Waals surface area contributed by atoms with Gasteiger partial charge in [-0.15, -0.1) is 0 Å². The number of morpholine rings is 1. The van der Waals surface area contributed by atoms with Crippen LogP contribution in [0.1, 0.15) is 22.8 Å². The Labute approximate surface area is 166 Å². The third kappa shape index (κ3) is 4.41. The molecule has 0 spiro atoms. The SMILES string of the molecule is Cc1ccc(Cl)c(-c2ccc(CN3CCO[C@@H](c4ccccc4)C3)cc2)c1. The largest absolute Gasteiger partial charge is 0.371 e. The van der Waals surface area contributed by atoms with Crippen LogP contribution in [0.4, 0.5) is 0 Å². The lowest BCUT2D eigenvalue weighted by Crippen LogP contribution is -2.37. The van der Waals surface area contributed by atoms with Gasteiger partial charge in [-0.2, -0.15) is 0 Å². The quantitative estimate of drug-likeness (QED) is 0.562. The van der Waals surface area contributed by atoms with E-state index in [2.05, 4.69) is 66.4 Å². The lowest BCUT2D eigenvalue weighted by molar-refractivity contribution is -0.0329. The van der Waals surface area contributed by atoms with E-state index in [4.69, 9.17) is 16.3 Å². The summed E-state index contributed by atoms with van der Waals surface area (Å²) in [6.07, 6.45) is 0.158. The third-order valence-corrected chi connectivity index (χ3v) is 5.44. The number of aryl methyl sites for hydroxylation is 1. The smallest absolute Gasteiger partial charge is 0.0952 e. The van der Waals surface area contributed by atoms with Crippen LogP contribution < -0.4 is 0 Å². The fourth-order valence-electron chi connectivity index (χ4n) is 3.62. The number of nitrogens with zero attached hydrogens (tertiary/aromatic N) is 1. The van der Waals surface area contributed by atoms with E-state index in [-0.39, 0.29) is 6.10 Å². The van der Waals surface area contributed by atoms with Gasteiger partial charge in [0.25, 0.3) is 0 Å². The molecular weight excluding hydrogens is 354 g/mol. The Balaban J connectivity index is 1.44. The number of ether oxygens (including phenoxy) is 1. The van der Waals surface area contributed by atoms with Crippen LogP contribution in [0, 0.1) is 6.92 Å². The zero-order chi connectivity index (χ0) is 18.6. The summed E-state index contributed by atoms with van der Waals surface area (Å²) in [6, 6.07) is 25.4. The summed E-state index contributed by atoms with van der Waals surface area (Å²) in [5.74, 6) is 0. The average Bonchev–Trinajstić information content (AvgIpc) is 2.71. The van der Waals surface area contributed by atoms with E-state index >= 15 is 0 Å². The summed E-state index contributed by atoms with van der Waals surface area (Å²) in [5.41, 5.74) is 6.05. The molecule has 3 heteroatoms. The molecule has 1 fully saturated rings.